The Labute approximate surface area is 155 Å². The molecule has 0 N–H and O–H groups in total. The van der Waals surface area contributed by atoms with E-state index in [1.165, 1.54) is 16.3 Å². The van der Waals surface area contributed by atoms with Crippen molar-refractivity contribution >= 4 is 16.7 Å². The molecule has 2 atom stereocenters. The number of amides is 1. The molecule has 2 heterocycles. The summed E-state index contributed by atoms with van der Waals surface area (Å²) in [6, 6.07) is 15.7. The van der Waals surface area contributed by atoms with Crippen LogP contribution in [0.3, 0.4) is 0 Å². The second-order valence-electron chi connectivity index (χ2n) is 7.65. The SMILES string of the molecule is COCCN1C(=O)CC[C@@H]2CN(Cc3ccc4ccccc4c3)CC[C@@H]21. The van der Waals surface area contributed by atoms with E-state index >= 15 is 0 Å². The van der Waals surface area contributed by atoms with Crippen molar-refractivity contribution in [1.82, 2.24) is 9.80 Å². The number of likely N-dealkylation sites (tertiary alicyclic amines) is 2. The monoisotopic (exact) mass is 352 g/mol. The maximum absolute atomic E-state index is 12.3. The van der Waals surface area contributed by atoms with Crippen molar-refractivity contribution in [2.45, 2.75) is 31.8 Å². The summed E-state index contributed by atoms with van der Waals surface area (Å²) >= 11 is 0. The molecular formula is C22H28N2O2. The molecule has 0 saturated carbocycles. The Balaban J connectivity index is 1.42. The Morgan fingerprint density at radius 3 is 2.81 bits per heavy atom. The zero-order valence-corrected chi connectivity index (χ0v) is 15.6. The van der Waals surface area contributed by atoms with E-state index in [4.69, 9.17) is 4.74 Å². The number of hydrogen-bond donors (Lipinski definition) is 0. The number of rotatable bonds is 5. The van der Waals surface area contributed by atoms with Gasteiger partial charge in [0.25, 0.3) is 0 Å². The van der Waals surface area contributed by atoms with Crippen LogP contribution in [0, 0.1) is 5.92 Å². The highest BCUT2D eigenvalue weighted by atomic mass is 16.5. The van der Waals surface area contributed by atoms with Gasteiger partial charge in [-0.15, -0.1) is 0 Å². The van der Waals surface area contributed by atoms with Gasteiger partial charge in [0, 0.05) is 45.8 Å². The topological polar surface area (TPSA) is 32.8 Å². The number of piperidine rings is 2. The molecule has 4 rings (SSSR count). The van der Waals surface area contributed by atoms with Gasteiger partial charge in [-0.25, -0.2) is 0 Å². The van der Waals surface area contributed by atoms with Crippen LogP contribution in [0.2, 0.25) is 0 Å². The maximum Gasteiger partial charge on any atom is 0.222 e. The Morgan fingerprint density at radius 1 is 1.12 bits per heavy atom. The van der Waals surface area contributed by atoms with Gasteiger partial charge in [0.2, 0.25) is 5.91 Å². The van der Waals surface area contributed by atoms with Gasteiger partial charge in [-0.3, -0.25) is 9.69 Å². The van der Waals surface area contributed by atoms with E-state index in [-0.39, 0.29) is 0 Å². The fraction of sp³-hybridized carbons (Fsp3) is 0.500. The number of fused-ring (bicyclic) bond motifs is 2. The van der Waals surface area contributed by atoms with Gasteiger partial charge in [-0.05, 0) is 41.2 Å². The van der Waals surface area contributed by atoms with E-state index < -0.39 is 0 Å². The fourth-order valence-electron chi connectivity index (χ4n) is 4.65. The molecule has 2 aromatic carbocycles. The average Bonchev–Trinajstić information content (AvgIpc) is 2.67. The Kier molecular flexibility index (Phi) is 5.23. The van der Waals surface area contributed by atoms with E-state index in [2.05, 4.69) is 52.3 Å². The molecule has 2 aromatic rings. The molecule has 4 nitrogen and oxygen atoms in total. The lowest BCUT2D eigenvalue weighted by molar-refractivity contribution is -0.142. The van der Waals surface area contributed by atoms with E-state index in [1.54, 1.807) is 7.11 Å². The summed E-state index contributed by atoms with van der Waals surface area (Å²) < 4.78 is 5.20. The second-order valence-corrected chi connectivity index (χ2v) is 7.65. The summed E-state index contributed by atoms with van der Waals surface area (Å²) in [5.74, 6) is 0.907. The van der Waals surface area contributed by atoms with Crippen molar-refractivity contribution in [3.8, 4) is 0 Å². The van der Waals surface area contributed by atoms with Gasteiger partial charge in [0.15, 0.2) is 0 Å². The molecule has 26 heavy (non-hydrogen) atoms. The molecule has 0 aromatic heterocycles. The molecule has 0 radical (unpaired) electrons. The minimum absolute atomic E-state index is 0.311. The first kappa shape index (κ1) is 17.5. The predicted molar refractivity (Wildman–Crippen MR) is 104 cm³/mol. The van der Waals surface area contributed by atoms with Crippen molar-refractivity contribution in [2.24, 2.45) is 5.92 Å². The molecular weight excluding hydrogens is 324 g/mol. The molecule has 2 fully saturated rings. The molecule has 2 saturated heterocycles. The van der Waals surface area contributed by atoms with Crippen molar-refractivity contribution in [3.05, 3.63) is 48.0 Å². The van der Waals surface area contributed by atoms with Crippen molar-refractivity contribution in [1.29, 1.82) is 0 Å². The van der Waals surface area contributed by atoms with Crippen LogP contribution < -0.4 is 0 Å². The quantitative estimate of drug-likeness (QED) is 0.828. The summed E-state index contributed by atoms with van der Waals surface area (Å²) in [7, 11) is 1.71. The summed E-state index contributed by atoms with van der Waals surface area (Å²) in [6.45, 7) is 4.52. The first-order valence-corrected chi connectivity index (χ1v) is 9.73. The first-order chi connectivity index (χ1) is 12.7. The number of methoxy groups -OCH3 is 1. The summed E-state index contributed by atoms with van der Waals surface area (Å²) in [4.78, 5) is 17.0. The molecule has 0 spiro atoms. The first-order valence-electron chi connectivity index (χ1n) is 9.73. The van der Waals surface area contributed by atoms with Crippen molar-refractivity contribution in [3.63, 3.8) is 0 Å². The maximum atomic E-state index is 12.3. The minimum Gasteiger partial charge on any atom is -0.383 e. The van der Waals surface area contributed by atoms with E-state index in [0.29, 0.717) is 30.9 Å². The number of carbonyl (C=O) groups excluding carboxylic acids is 1. The molecule has 2 aliphatic rings. The smallest absolute Gasteiger partial charge is 0.222 e. The molecule has 138 valence electrons. The van der Waals surface area contributed by atoms with E-state index in [1.807, 2.05) is 0 Å². The van der Waals surface area contributed by atoms with Crippen LogP contribution in [0.15, 0.2) is 42.5 Å². The van der Waals surface area contributed by atoms with Gasteiger partial charge in [-0.2, -0.15) is 0 Å². The Hall–Kier alpha value is -1.91. The van der Waals surface area contributed by atoms with E-state index in [9.17, 15) is 4.79 Å². The summed E-state index contributed by atoms with van der Waals surface area (Å²) in [6.07, 6.45) is 2.80. The Morgan fingerprint density at radius 2 is 1.96 bits per heavy atom. The zero-order valence-electron chi connectivity index (χ0n) is 15.6. The largest absolute Gasteiger partial charge is 0.383 e. The van der Waals surface area contributed by atoms with E-state index in [0.717, 1.165) is 39.0 Å². The number of nitrogens with zero attached hydrogens (tertiary/aromatic N) is 2. The van der Waals surface area contributed by atoms with Crippen LogP contribution >= 0.6 is 0 Å². The van der Waals surface area contributed by atoms with Gasteiger partial charge in [0.1, 0.15) is 0 Å². The average molecular weight is 352 g/mol. The summed E-state index contributed by atoms with van der Waals surface area (Å²) in [5, 5.41) is 2.61. The number of carbonyl (C=O) groups is 1. The summed E-state index contributed by atoms with van der Waals surface area (Å²) in [5.41, 5.74) is 1.38. The molecule has 4 heteroatoms. The lowest BCUT2D eigenvalue weighted by Gasteiger charge is -2.47. The van der Waals surface area contributed by atoms with Crippen molar-refractivity contribution in [2.75, 3.05) is 33.4 Å². The third kappa shape index (κ3) is 3.62. The van der Waals surface area contributed by atoms with Crippen LogP contribution in [0.5, 0.6) is 0 Å². The third-order valence-electron chi connectivity index (χ3n) is 5.98. The van der Waals surface area contributed by atoms with Crippen molar-refractivity contribution < 1.29 is 9.53 Å². The normalized spacial score (nSPS) is 24.0. The van der Waals surface area contributed by atoms with Crippen LogP contribution in [0.1, 0.15) is 24.8 Å². The molecule has 2 aliphatic heterocycles. The molecule has 0 bridgehead atoms. The predicted octanol–water partition coefficient (Wildman–Crippen LogP) is 3.30. The van der Waals surface area contributed by atoms with Gasteiger partial charge < -0.3 is 9.64 Å². The van der Waals surface area contributed by atoms with Crippen LogP contribution in [0.4, 0.5) is 0 Å². The number of ether oxygens (including phenoxy) is 1. The number of hydrogen-bond acceptors (Lipinski definition) is 3. The second kappa shape index (κ2) is 7.77. The number of benzene rings is 2. The zero-order chi connectivity index (χ0) is 17.9. The lowest BCUT2D eigenvalue weighted by atomic mass is 9.83. The van der Waals surface area contributed by atoms with Gasteiger partial charge in [-0.1, -0.05) is 36.4 Å². The van der Waals surface area contributed by atoms with Crippen LogP contribution in [0.25, 0.3) is 10.8 Å². The molecule has 1 amide bonds. The van der Waals surface area contributed by atoms with Crippen LogP contribution in [-0.4, -0.2) is 55.1 Å². The van der Waals surface area contributed by atoms with Crippen LogP contribution in [-0.2, 0) is 16.1 Å². The standard InChI is InChI=1S/C22H28N2O2/c1-26-13-12-24-21-10-11-23(16-20(21)8-9-22(24)25)15-17-6-7-18-4-2-3-5-19(18)14-17/h2-7,14,20-21H,8-13,15-16H2,1H3/t20-,21+/m1/s1. The Bertz CT molecular complexity index is 776. The van der Waals surface area contributed by atoms with Gasteiger partial charge >= 0.3 is 0 Å². The lowest BCUT2D eigenvalue weighted by Crippen LogP contribution is -2.56. The minimum atomic E-state index is 0.311. The fourth-order valence-corrected chi connectivity index (χ4v) is 4.65. The molecule has 0 unspecified atom stereocenters. The highest BCUT2D eigenvalue weighted by Crippen LogP contribution is 2.32. The highest BCUT2D eigenvalue weighted by molar-refractivity contribution is 5.83. The highest BCUT2D eigenvalue weighted by Gasteiger charge is 2.38. The third-order valence-corrected chi connectivity index (χ3v) is 5.98. The van der Waals surface area contributed by atoms with Gasteiger partial charge in [0.05, 0.1) is 6.61 Å². The molecule has 0 aliphatic carbocycles.